The van der Waals surface area contributed by atoms with Crippen LogP contribution in [0.1, 0.15) is 18.5 Å². The molecule has 0 unspecified atom stereocenters. The van der Waals surface area contributed by atoms with Gasteiger partial charge in [0.05, 0.1) is 24.4 Å². The van der Waals surface area contributed by atoms with Crippen molar-refractivity contribution in [1.29, 1.82) is 0 Å². The van der Waals surface area contributed by atoms with E-state index in [9.17, 15) is 4.79 Å². The maximum Gasteiger partial charge on any atom is 0.220 e. The Balaban J connectivity index is 1.49. The van der Waals surface area contributed by atoms with E-state index in [2.05, 4.69) is 15.2 Å². The summed E-state index contributed by atoms with van der Waals surface area (Å²) >= 11 is 3.57. The Morgan fingerprint density at radius 3 is 3.00 bits per heavy atom. The highest BCUT2D eigenvalue weighted by Gasteiger charge is 2.40. The van der Waals surface area contributed by atoms with Crippen LogP contribution in [0.15, 0.2) is 10.9 Å². The maximum absolute atomic E-state index is 12.1. The Morgan fingerprint density at radius 1 is 1.45 bits per heavy atom. The smallest absolute Gasteiger partial charge is 0.220 e. The fraction of sp³-hybridized carbons (Fsp3) is 0.733. The predicted molar refractivity (Wildman–Crippen MR) is 90.5 cm³/mol. The van der Waals surface area contributed by atoms with E-state index in [0.717, 1.165) is 57.1 Å². The van der Waals surface area contributed by atoms with Crippen molar-refractivity contribution in [2.45, 2.75) is 24.8 Å². The quantitative estimate of drug-likeness (QED) is 0.848. The van der Waals surface area contributed by atoms with Gasteiger partial charge in [0.2, 0.25) is 5.91 Å². The Labute approximate surface area is 139 Å². The molecule has 0 saturated carbocycles. The number of carbonyl (C=O) groups is 1. The molecule has 2 aliphatic heterocycles. The first-order valence-corrected chi connectivity index (χ1v) is 9.93. The molecule has 3 heterocycles. The lowest BCUT2D eigenvalue weighted by molar-refractivity contribution is -0.121. The number of morpholine rings is 1. The summed E-state index contributed by atoms with van der Waals surface area (Å²) in [7, 11) is 0. The first kappa shape index (κ1) is 16.2. The second kappa shape index (κ2) is 7.77. The van der Waals surface area contributed by atoms with Gasteiger partial charge in [-0.1, -0.05) is 0 Å². The minimum Gasteiger partial charge on any atom is -0.379 e. The highest BCUT2D eigenvalue weighted by Crippen LogP contribution is 2.33. The molecule has 122 valence electrons. The Morgan fingerprint density at radius 2 is 2.32 bits per heavy atom. The number of nitrogens with zero attached hydrogens (tertiary/aromatic N) is 2. The number of hydrogen-bond acceptors (Lipinski definition) is 6. The zero-order valence-electron chi connectivity index (χ0n) is 12.8. The summed E-state index contributed by atoms with van der Waals surface area (Å²) in [4.78, 5) is 18.9. The summed E-state index contributed by atoms with van der Waals surface area (Å²) < 4.78 is 5.47. The largest absolute Gasteiger partial charge is 0.379 e. The monoisotopic (exact) mass is 341 g/mol. The molecule has 1 N–H and O–H groups in total. The summed E-state index contributed by atoms with van der Waals surface area (Å²) in [5.41, 5.74) is 2.96. The Hall–Kier alpha value is -0.630. The molecule has 5 nitrogen and oxygen atoms in total. The van der Waals surface area contributed by atoms with Crippen molar-refractivity contribution in [1.82, 2.24) is 15.2 Å². The van der Waals surface area contributed by atoms with Crippen LogP contribution in [-0.2, 0) is 16.0 Å². The van der Waals surface area contributed by atoms with Gasteiger partial charge in [-0.25, -0.2) is 4.98 Å². The van der Waals surface area contributed by atoms with Crippen LogP contribution >= 0.6 is 23.1 Å². The number of hydrogen-bond donors (Lipinski definition) is 1. The fourth-order valence-electron chi connectivity index (χ4n) is 3.09. The number of thioether (sulfide) groups is 1. The first-order valence-electron chi connectivity index (χ1n) is 7.83. The van der Waals surface area contributed by atoms with Gasteiger partial charge in [-0.05, 0) is 18.6 Å². The predicted octanol–water partition coefficient (Wildman–Crippen LogP) is 1.40. The van der Waals surface area contributed by atoms with Gasteiger partial charge in [0.25, 0.3) is 0 Å². The molecule has 0 aliphatic carbocycles. The molecule has 1 aromatic heterocycles. The van der Waals surface area contributed by atoms with Gasteiger partial charge >= 0.3 is 0 Å². The van der Waals surface area contributed by atoms with Crippen LogP contribution in [0.25, 0.3) is 0 Å². The number of thiazole rings is 1. The molecule has 2 saturated heterocycles. The molecular formula is C15H23N3O2S2. The molecule has 0 radical (unpaired) electrons. The molecule has 3 rings (SSSR count). The summed E-state index contributed by atoms with van der Waals surface area (Å²) in [6, 6.07) is 0. The van der Waals surface area contributed by atoms with Gasteiger partial charge in [-0.2, -0.15) is 11.8 Å². The third kappa shape index (κ3) is 4.01. The number of amides is 1. The molecule has 1 amide bonds. The van der Waals surface area contributed by atoms with E-state index in [1.807, 2.05) is 22.7 Å². The van der Waals surface area contributed by atoms with Gasteiger partial charge in [-0.15, -0.1) is 11.3 Å². The number of nitrogens with one attached hydrogen (secondary N) is 1. The Kier molecular flexibility index (Phi) is 5.73. The van der Waals surface area contributed by atoms with Crippen molar-refractivity contribution in [2.24, 2.45) is 0 Å². The van der Waals surface area contributed by atoms with Gasteiger partial charge in [0.1, 0.15) is 0 Å². The molecular weight excluding hydrogens is 318 g/mol. The standard InChI is InChI=1S/C15H23N3O2S2/c19-14(2-1-13-9-22-12-17-13)16-10-15(3-8-21-11-15)18-4-6-20-7-5-18/h9,12H,1-8,10-11H2,(H,16,19)/t15-/m0/s1. The van der Waals surface area contributed by atoms with Crippen molar-refractivity contribution in [2.75, 3.05) is 44.4 Å². The maximum atomic E-state index is 12.1. The van der Waals surface area contributed by atoms with Crippen molar-refractivity contribution >= 4 is 29.0 Å². The topological polar surface area (TPSA) is 54.5 Å². The lowest BCUT2D eigenvalue weighted by atomic mass is 9.95. The summed E-state index contributed by atoms with van der Waals surface area (Å²) in [6.07, 6.45) is 2.41. The van der Waals surface area contributed by atoms with Gasteiger partial charge < -0.3 is 10.1 Å². The molecule has 1 aromatic rings. The van der Waals surface area contributed by atoms with Crippen LogP contribution in [-0.4, -0.2) is 65.7 Å². The van der Waals surface area contributed by atoms with E-state index < -0.39 is 0 Å². The van der Waals surface area contributed by atoms with Crippen LogP contribution < -0.4 is 5.32 Å². The van der Waals surface area contributed by atoms with E-state index in [1.165, 1.54) is 5.75 Å². The number of aryl methyl sites for hydroxylation is 1. The lowest BCUT2D eigenvalue weighted by Gasteiger charge is -2.43. The van der Waals surface area contributed by atoms with Gasteiger partial charge in [-0.3, -0.25) is 9.69 Å². The second-order valence-electron chi connectivity index (χ2n) is 5.88. The molecule has 0 aromatic carbocycles. The van der Waals surface area contributed by atoms with Crippen LogP contribution in [0.3, 0.4) is 0 Å². The molecule has 7 heteroatoms. The number of rotatable bonds is 6. The van der Waals surface area contributed by atoms with Gasteiger partial charge in [0.15, 0.2) is 0 Å². The molecule has 1 atom stereocenters. The SMILES string of the molecule is O=C(CCc1cscn1)NC[C@@]1(N2CCOCC2)CCSC1. The number of ether oxygens (including phenoxy) is 1. The molecule has 0 bridgehead atoms. The third-order valence-corrected chi connectivity index (χ3v) is 6.34. The minimum absolute atomic E-state index is 0.130. The van der Waals surface area contributed by atoms with Crippen molar-refractivity contribution < 1.29 is 9.53 Å². The average molecular weight is 342 g/mol. The van der Waals surface area contributed by atoms with Gasteiger partial charge in [0, 0.05) is 42.7 Å². The third-order valence-electron chi connectivity index (χ3n) is 4.47. The molecule has 2 fully saturated rings. The van der Waals surface area contributed by atoms with Crippen LogP contribution in [0.4, 0.5) is 0 Å². The van der Waals surface area contributed by atoms with E-state index in [1.54, 1.807) is 11.3 Å². The van der Waals surface area contributed by atoms with Crippen molar-refractivity contribution in [3.05, 3.63) is 16.6 Å². The highest BCUT2D eigenvalue weighted by molar-refractivity contribution is 7.99. The highest BCUT2D eigenvalue weighted by atomic mass is 32.2. The van der Waals surface area contributed by atoms with Crippen molar-refractivity contribution in [3.8, 4) is 0 Å². The van der Waals surface area contributed by atoms with E-state index in [-0.39, 0.29) is 11.4 Å². The van der Waals surface area contributed by atoms with E-state index in [0.29, 0.717) is 6.42 Å². The van der Waals surface area contributed by atoms with E-state index >= 15 is 0 Å². The zero-order chi connectivity index (χ0) is 15.3. The van der Waals surface area contributed by atoms with Crippen LogP contribution in [0.2, 0.25) is 0 Å². The molecule has 22 heavy (non-hydrogen) atoms. The Bertz CT molecular complexity index is 469. The summed E-state index contributed by atoms with van der Waals surface area (Å²) in [5.74, 6) is 2.43. The average Bonchev–Trinajstić information content (AvgIpc) is 3.24. The summed E-state index contributed by atoms with van der Waals surface area (Å²) in [6.45, 7) is 4.34. The second-order valence-corrected chi connectivity index (χ2v) is 7.71. The van der Waals surface area contributed by atoms with E-state index in [4.69, 9.17) is 4.74 Å². The molecule has 2 aliphatic rings. The lowest BCUT2D eigenvalue weighted by Crippen LogP contribution is -2.59. The normalized spacial score (nSPS) is 26.2. The zero-order valence-corrected chi connectivity index (χ0v) is 14.4. The number of aromatic nitrogens is 1. The summed E-state index contributed by atoms with van der Waals surface area (Å²) in [5, 5.41) is 5.18. The number of carbonyl (C=O) groups excluding carboxylic acids is 1. The first-order chi connectivity index (χ1) is 10.8. The van der Waals surface area contributed by atoms with Crippen LogP contribution in [0.5, 0.6) is 0 Å². The minimum atomic E-state index is 0.130. The van der Waals surface area contributed by atoms with Crippen LogP contribution in [0, 0.1) is 0 Å². The fourth-order valence-corrected chi connectivity index (χ4v) is 5.16. The van der Waals surface area contributed by atoms with Crippen molar-refractivity contribution in [3.63, 3.8) is 0 Å². The molecule has 0 spiro atoms.